The van der Waals surface area contributed by atoms with E-state index in [0.717, 1.165) is 16.7 Å². The van der Waals surface area contributed by atoms with Gasteiger partial charge in [-0.2, -0.15) is 0 Å². The SMILES string of the molecule is CC(C)C(=O)N1CCC(C(=O)Nc2nc3ccccc3n2-c2ccccc2)CC1. The second kappa shape index (κ2) is 8.07. The fraction of sp³-hybridized carbons (Fsp3) is 0.348. The van der Waals surface area contributed by atoms with Crippen LogP contribution in [0.4, 0.5) is 5.95 Å². The van der Waals surface area contributed by atoms with Crippen LogP contribution in [-0.4, -0.2) is 39.4 Å². The number of fused-ring (bicyclic) bond motifs is 1. The van der Waals surface area contributed by atoms with Gasteiger partial charge in [-0.05, 0) is 37.1 Å². The maximum atomic E-state index is 13.0. The molecule has 1 aliphatic rings. The number of anilines is 1. The molecule has 2 aromatic carbocycles. The molecule has 0 aliphatic carbocycles. The third-order valence-corrected chi connectivity index (χ3v) is 5.48. The predicted octanol–water partition coefficient (Wildman–Crippen LogP) is 3.86. The standard InChI is InChI=1S/C23H26N4O2/c1-16(2)22(29)26-14-12-17(13-15-26)21(28)25-23-24-19-10-6-7-11-20(19)27(23)18-8-4-3-5-9-18/h3-11,16-17H,12-15H2,1-2H3,(H,24,25,28). The first-order chi connectivity index (χ1) is 14.0. The van der Waals surface area contributed by atoms with Crippen LogP contribution in [0.15, 0.2) is 54.6 Å². The number of amides is 2. The highest BCUT2D eigenvalue weighted by Crippen LogP contribution is 2.26. The molecule has 1 N–H and O–H groups in total. The number of aromatic nitrogens is 2. The van der Waals surface area contributed by atoms with E-state index in [4.69, 9.17) is 0 Å². The van der Waals surface area contributed by atoms with E-state index < -0.39 is 0 Å². The average Bonchev–Trinajstić information content (AvgIpc) is 3.11. The Morgan fingerprint density at radius 2 is 1.66 bits per heavy atom. The number of nitrogens with one attached hydrogen (secondary N) is 1. The maximum absolute atomic E-state index is 13.0. The Hall–Kier alpha value is -3.15. The largest absolute Gasteiger partial charge is 0.342 e. The smallest absolute Gasteiger partial charge is 0.229 e. The number of carbonyl (C=O) groups excluding carboxylic acids is 2. The molecule has 0 spiro atoms. The number of benzene rings is 2. The highest BCUT2D eigenvalue weighted by molar-refractivity contribution is 5.94. The molecule has 1 saturated heterocycles. The van der Waals surface area contributed by atoms with Gasteiger partial charge in [0.25, 0.3) is 0 Å². The van der Waals surface area contributed by atoms with E-state index in [0.29, 0.717) is 31.9 Å². The van der Waals surface area contributed by atoms with E-state index in [1.54, 1.807) is 0 Å². The molecule has 2 heterocycles. The number of rotatable bonds is 4. The fourth-order valence-electron chi connectivity index (χ4n) is 3.89. The fourth-order valence-corrected chi connectivity index (χ4v) is 3.89. The van der Waals surface area contributed by atoms with Crippen molar-refractivity contribution in [3.63, 3.8) is 0 Å². The van der Waals surface area contributed by atoms with Gasteiger partial charge in [0.2, 0.25) is 17.8 Å². The summed E-state index contributed by atoms with van der Waals surface area (Å²) in [5, 5.41) is 3.04. The molecular weight excluding hydrogens is 364 g/mol. The Labute approximate surface area is 170 Å². The van der Waals surface area contributed by atoms with E-state index in [2.05, 4.69) is 10.3 Å². The Morgan fingerprint density at radius 1 is 1.00 bits per heavy atom. The lowest BCUT2D eigenvalue weighted by atomic mass is 9.95. The zero-order valence-corrected chi connectivity index (χ0v) is 16.8. The molecule has 0 radical (unpaired) electrons. The summed E-state index contributed by atoms with van der Waals surface area (Å²) in [6, 6.07) is 17.8. The lowest BCUT2D eigenvalue weighted by Gasteiger charge is -2.32. The van der Waals surface area contributed by atoms with Gasteiger partial charge in [-0.15, -0.1) is 0 Å². The number of para-hydroxylation sites is 3. The Kier molecular flexibility index (Phi) is 5.34. The van der Waals surface area contributed by atoms with Gasteiger partial charge in [0.1, 0.15) is 0 Å². The topological polar surface area (TPSA) is 67.2 Å². The quantitative estimate of drug-likeness (QED) is 0.736. The van der Waals surface area contributed by atoms with Crippen LogP contribution in [0.3, 0.4) is 0 Å². The molecule has 0 unspecified atom stereocenters. The van der Waals surface area contributed by atoms with Crippen LogP contribution in [0, 0.1) is 11.8 Å². The van der Waals surface area contributed by atoms with Gasteiger partial charge < -0.3 is 4.90 Å². The van der Waals surface area contributed by atoms with Crippen molar-refractivity contribution in [2.45, 2.75) is 26.7 Å². The van der Waals surface area contributed by atoms with Crippen LogP contribution in [0.5, 0.6) is 0 Å². The van der Waals surface area contributed by atoms with Crippen molar-refractivity contribution in [3.05, 3.63) is 54.6 Å². The number of hydrogen-bond acceptors (Lipinski definition) is 3. The van der Waals surface area contributed by atoms with E-state index in [1.807, 2.05) is 77.9 Å². The molecule has 29 heavy (non-hydrogen) atoms. The highest BCUT2D eigenvalue weighted by atomic mass is 16.2. The first-order valence-corrected chi connectivity index (χ1v) is 10.2. The Bertz CT molecular complexity index is 1020. The number of carbonyl (C=O) groups is 2. The summed E-state index contributed by atoms with van der Waals surface area (Å²) in [6.07, 6.45) is 1.35. The van der Waals surface area contributed by atoms with E-state index >= 15 is 0 Å². The lowest BCUT2D eigenvalue weighted by Crippen LogP contribution is -2.43. The van der Waals surface area contributed by atoms with Gasteiger partial charge >= 0.3 is 0 Å². The summed E-state index contributed by atoms with van der Waals surface area (Å²) < 4.78 is 1.98. The third kappa shape index (κ3) is 3.88. The van der Waals surface area contributed by atoms with Crippen LogP contribution >= 0.6 is 0 Å². The lowest BCUT2D eigenvalue weighted by molar-refractivity contribution is -0.137. The van der Waals surface area contributed by atoms with Gasteiger partial charge in [-0.1, -0.05) is 44.2 Å². The second-order valence-corrected chi connectivity index (χ2v) is 7.84. The molecular formula is C23H26N4O2. The highest BCUT2D eigenvalue weighted by Gasteiger charge is 2.29. The number of imidazole rings is 1. The van der Waals surface area contributed by atoms with Gasteiger partial charge in [0, 0.05) is 30.6 Å². The van der Waals surface area contributed by atoms with Crippen molar-refractivity contribution in [2.75, 3.05) is 18.4 Å². The number of nitrogens with zero attached hydrogens (tertiary/aromatic N) is 3. The molecule has 0 atom stereocenters. The zero-order chi connectivity index (χ0) is 20.4. The molecule has 1 aromatic heterocycles. The molecule has 6 nitrogen and oxygen atoms in total. The summed E-state index contributed by atoms with van der Waals surface area (Å²) >= 11 is 0. The monoisotopic (exact) mass is 390 g/mol. The summed E-state index contributed by atoms with van der Waals surface area (Å²) in [6.45, 7) is 5.08. The summed E-state index contributed by atoms with van der Waals surface area (Å²) in [4.78, 5) is 31.7. The molecule has 2 amide bonds. The van der Waals surface area contributed by atoms with Crippen LogP contribution < -0.4 is 5.32 Å². The molecule has 1 aliphatic heterocycles. The number of piperidine rings is 1. The van der Waals surface area contributed by atoms with Crippen molar-refractivity contribution in [3.8, 4) is 5.69 Å². The van der Waals surface area contributed by atoms with Crippen LogP contribution in [0.25, 0.3) is 16.7 Å². The van der Waals surface area contributed by atoms with Gasteiger partial charge in [-0.25, -0.2) is 4.98 Å². The van der Waals surface area contributed by atoms with Crippen LogP contribution in [-0.2, 0) is 9.59 Å². The van der Waals surface area contributed by atoms with Crippen molar-refractivity contribution >= 4 is 28.8 Å². The van der Waals surface area contributed by atoms with Crippen molar-refractivity contribution in [2.24, 2.45) is 11.8 Å². The minimum atomic E-state index is -0.116. The maximum Gasteiger partial charge on any atom is 0.229 e. The summed E-state index contributed by atoms with van der Waals surface area (Å²) in [7, 11) is 0. The number of likely N-dealkylation sites (tertiary alicyclic amines) is 1. The minimum absolute atomic E-state index is 0.00819. The molecule has 0 bridgehead atoms. The normalized spacial score (nSPS) is 15.1. The molecule has 150 valence electrons. The van der Waals surface area contributed by atoms with E-state index in [-0.39, 0.29) is 23.7 Å². The van der Waals surface area contributed by atoms with E-state index in [1.165, 1.54) is 0 Å². The first-order valence-electron chi connectivity index (χ1n) is 10.2. The second-order valence-electron chi connectivity index (χ2n) is 7.84. The van der Waals surface area contributed by atoms with Gasteiger partial charge in [0.15, 0.2) is 0 Å². The molecule has 0 saturated carbocycles. The molecule has 1 fully saturated rings. The summed E-state index contributed by atoms with van der Waals surface area (Å²) in [5.74, 6) is 0.536. The van der Waals surface area contributed by atoms with Crippen LogP contribution in [0.1, 0.15) is 26.7 Å². The average molecular weight is 390 g/mol. The van der Waals surface area contributed by atoms with Gasteiger partial charge in [0.05, 0.1) is 11.0 Å². The Balaban J connectivity index is 1.54. The molecule has 4 rings (SSSR count). The number of hydrogen-bond donors (Lipinski definition) is 1. The first kappa shape index (κ1) is 19.2. The zero-order valence-electron chi connectivity index (χ0n) is 16.8. The van der Waals surface area contributed by atoms with Crippen molar-refractivity contribution < 1.29 is 9.59 Å². The molecule has 6 heteroatoms. The predicted molar refractivity (Wildman–Crippen MR) is 114 cm³/mol. The van der Waals surface area contributed by atoms with Crippen molar-refractivity contribution in [1.82, 2.24) is 14.5 Å². The molecule has 3 aromatic rings. The summed E-state index contributed by atoms with van der Waals surface area (Å²) in [5.41, 5.74) is 2.74. The van der Waals surface area contributed by atoms with Crippen LogP contribution in [0.2, 0.25) is 0 Å². The van der Waals surface area contributed by atoms with Crippen molar-refractivity contribution in [1.29, 1.82) is 0 Å². The minimum Gasteiger partial charge on any atom is -0.342 e. The van der Waals surface area contributed by atoms with E-state index in [9.17, 15) is 9.59 Å². The van der Waals surface area contributed by atoms with Gasteiger partial charge in [-0.3, -0.25) is 19.5 Å². The third-order valence-electron chi connectivity index (χ3n) is 5.48. The Morgan fingerprint density at radius 3 is 2.34 bits per heavy atom.